The lowest BCUT2D eigenvalue weighted by Gasteiger charge is -2.19. The lowest BCUT2D eigenvalue weighted by molar-refractivity contribution is 0.0945. The molecule has 1 amide bonds. The van der Waals surface area contributed by atoms with E-state index in [1.54, 1.807) is 18.6 Å². The molecule has 1 aliphatic rings. The summed E-state index contributed by atoms with van der Waals surface area (Å²) in [5, 5.41) is 2.93. The second-order valence-electron chi connectivity index (χ2n) is 9.06. The first-order valence-electron chi connectivity index (χ1n) is 12.3. The number of amides is 1. The van der Waals surface area contributed by atoms with Crippen LogP contribution in [0.4, 0.5) is 11.6 Å². The molecule has 0 fully saturated rings. The summed E-state index contributed by atoms with van der Waals surface area (Å²) in [6.07, 6.45) is 5.94. The quantitative estimate of drug-likeness (QED) is 0.355. The molecular formula is C29H29N5O3. The summed E-state index contributed by atoms with van der Waals surface area (Å²) in [6.45, 7) is 5.36. The van der Waals surface area contributed by atoms with Crippen molar-refractivity contribution >= 4 is 17.5 Å². The lowest BCUT2D eigenvalue weighted by atomic mass is 10.2. The average molecular weight is 496 g/mol. The minimum atomic E-state index is -0.305. The van der Waals surface area contributed by atoms with Crippen LogP contribution in [0.25, 0.3) is 0 Å². The van der Waals surface area contributed by atoms with Gasteiger partial charge < -0.3 is 19.7 Å². The molecule has 0 atom stereocenters. The molecule has 0 saturated heterocycles. The Kier molecular flexibility index (Phi) is 7.26. The van der Waals surface area contributed by atoms with Crippen molar-refractivity contribution in [3.8, 4) is 11.6 Å². The zero-order valence-electron chi connectivity index (χ0n) is 20.9. The summed E-state index contributed by atoms with van der Waals surface area (Å²) in [5.41, 5.74) is 4.48. The minimum Gasteiger partial charge on any atom is -0.491 e. The highest BCUT2D eigenvalue weighted by molar-refractivity contribution is 5.96. The molecule has 0 bridgehead atoms. The molecule has 188 valence electrons. The number of benzene rings is 2. The monoisotopic (exact) mass is 495 g/mol. The third-order valence-electron chi connectivity index (χ3n) is 5.99. The van der Waals surface area contributed by atoms with Gasteiger partial charge in [-0.25, -0.2) is 4.98 Å². The highest BCUT2D eigenvalue weighted by Crippen LogP contribution is 2.33. The number of ether oxygens (including phenoxy) is 2. The Morgan fingerprint density at radius 3 is 2.59 bits per heavy atom. The molecule has 2 aromatic heterocycles. The molecule has 0 spiro atoms. The number of carbonyl (C=O) groups excluding carboxylic acids is 1. The molecule has 1 N–H and O–H groups in total. The van der Waals surface area contributed by atoms with Crippen molar-refractivity contribution < 1.29 is 14.3 Å². The van der Waals surface area contributed by atoms with Crippen LogP contribution < -0.4 is 19.7 Å². The molecule has 8 heteroatoms. The second-order valence-corrected chi connectivity index (χ2v) is 9.06. The number of nitrogens with one attached hydrogen (secondary N) is 1. The van der Waals surface area contributed by atoms with E-state index in [0.717, 1.165) is 35.5 Å². The number of hydrogen-bond donors (Lipinski definition) is 1. The number of hydrogen-bond acceptors (Lipinski definition) is 7. The summed E-state index contributed by atoms with van der Waals surface area (Å²) in [6, 6.07) is 19.6. The standard InChI is InChI=1S/C29H29N5O3/c1-20(2)37-24-9-7-22(8-10-24)19-36-28-25(27(35)31-17-21-11-14-30-15-12-21)18-32-29(33-28)34-16-13-23-5-3-4-6-26(23)34/h3-12,14-15,18,20H,13,16-17,19H2,1-2H3,(H,31,35). The summed E-state index contributed by atoms with van der Waals surface area (Å²) in [7, 11) is 0. The van der Waals surface area contributed by atoms with Crippen LogP contribution in [0.15, 0.2) is 79.3 Å². The third kappa shape index (κ3) is 5.86. The zero-order chi connectivity index (χ0) is 25.6. The smallest absolute Gasteiger partial charge is 0.258 e. The fourth-order valence-corrected chi connectivity index (χ4v) is 4.17. The van der Waals surface area contributed by atoms with Crippen LogP contribution in [0.2, 0.25) is 0 Å². The SMILES string of the molecule is CC(C)Oc1ccc(COc2nc(N3CCc4ccccc43)ncc2C(=O)NCc2ccncc2)cc1. The van der Waals surface area contributed by atoms with Crippen molar-refractivity contribution in [1.82, 2.24) is 20.3 Å². The second kappa shape index (κ2) is 11.1. The Morgan fingerprint density at radius 1 is 1.03 bits per heavy atom. The fourth-order valence-electron chi connectivity index (χ4n) is 4.17. The normalized spacial score (nSPS) is 12.4. The first kappa shape index (κ1) is 24.2. The average Bonchev–Trinajstić information content (AvgIpc) is 3.36. The largest absolute Gasteiger partial charge is 0.491 e. The van der Waals surface area contributed by atoms with Crippen molar-refractivity contribution in [3.63, 3.8) is 0 Å². The minimum absolute atomic E-state index is 0.102. The van der Waals surface area contributed by atoms with Gasteiger partial charge in [-0.1, -0.05) is 30.3 Å². The molecule has 5 rings (SSSR count). The predicted molar refractivity (Wildman–Crippen MR) is 141 cm³/mol. The van der Waals surface area contributed by atoms with Gasteiger partial charge in [-0.2, -0.15) is 4.98 Å². The van der Waals surface area contributed by atoms with Gasteiger partial charge in [-0.05, 0) is 67.3 Å². The van der Waals surface area contributed by atoms with Gasteiger partial charge in [0.25, 0.3) is 5.91 Å². The molecule has 0 radical (unpaired) electrons. The Hall–Kier alpha value is -4.46. The molecule has 2 aromatic carbocycles. The van der Waals surface area contributed by atoms with Gasteiger partial charge in [0.2, 0.25) is 11.8 Å². The third-order valence-corrected chi connectivity index (χ3v) is 5.99. The van der Waals surface area contributed by atoms with Gasteiger partial charge in [0.05, 0.1) is 6.10 Å². The van der Waals surface area contributed by atoms with Gasteiger partial charge in [-0.3, -0.25) is 9.78 Å². The number of pyridine rings is 1. The maximum atomic E-state index is 13.1. The molecule has 1 aliphatic heterocycles. The number of fused-ring (bicyclic) bond motifs is 1. The molecule has 8 nitrogen and oxygen atoms in total. The van der Waals surface area contributed by atoms with E-state index in [1.165, 1.54) is 5.56 Å². The number of rotatable bonds is 9. The van der Waals surface area contributed by atoms with Crippen LogP contribution in [0.1, 0.15) is 40.9 Å². The van der Waals surface area contributed by atoms with Crippen LogP contribution in [0.5, 0.6) is 11.6 Å². The van der Waals surface area contributed by atoms with Crippen LogP contribution in [-0.4, -0.2) is 33.5 Å². The van der Waals surface area contributed by atoms with Crippen LogP contribution in [0.3, 0.4) is 0 Å². The number of anilines is 2. The first-order chi connectivity index (χ1) is 18.1. The van der Waals surface area contributed by atoms with Crippen molar-refractivity contribution in [2.45, 2.75) is 39.5 Å². The molecular weight excluding hydrogens is 466 g/mol. The number of carbonyl (C=O) groups is 1. The first-order valence-corrected chi connectivity index (χ1v) is 12.3. The van der Waals surface area contributed by atoms with E-state index in [4.69, 9.17) is 14.5 Å². The van der Waals surface area contributed by atoms with Crippen LogP contribution in [-0.2, 0) is 19.6 Å². The Balaban J connectivity index is 1.38. The van der Waals surface area contributed by atoms with E-state index in [1.807, 2.05) is 62.4 Å². The Bertz CT molecular complexity index is 1360. The van der Waals surface area contributed by atoms with Gasteiger partial charge in [0.1, 0.15) is 17.9 Å². The maximum absolute atomic E-state index is 13.1. The molecule has 3 heterocycles. The van der Waals surface area contributed by atoms with Crippen molar-refractivity contribution in [2.75, 3.05) is 11.4 Å². The van der Waals surface area contributed by atoms with Gasteiger partial charge in [0, 0.05) is 37.4 Å². The van der Waals surface area contributed by atoms with Gasteiger partial charge >= 0.3 is 0 Å². The molecule has 0 aliphatic carbocycles. The van der Waals surface area contributed by atoms with Crippen LogP contribution >= 0.6 is 0 Å². The predicted octanol–water partition coefficient (Wildman–Crippen LogP) is 4.86. The van der Waals surface area contributed by atoms with E-state index in [-0.39, 0.29) is 30.1 Å². The van der Waals surface area contributed by atoms with Crippen molar-refractivity contribution in [1.29, 1.82) is 0 Å². The van der Waals surface area contributed by atoms with E-state index in [2.05, 4.69) is 32.3 Å². The molecule has 4 aromatic rings. The van der Waals surface area contributed by atoms with Crippen molar-refractivity contribution in [2.24, 2.45) is 0 Å². The topological polar surface area (TPSA) is 89.5 Å². The molecule has 0 saturated carbocycles. The lowest BCUT2D eigenvalue weighted by Crippen LogP contribution is -2.25. The van der Waals surface area contributed by atoms with Gasteiger partial charge in [0.15, 0.2) is 0 Å². The van der Waals surface area contributed by atoms with Crippen molar-refractivity contribution in [3.05, 3.63) is 102 Å². The fraction of sp³-hybridized carbons (Fsp3) is 0.241. The van der Waals surface area contributed by atoms with Crippen LogP contribution in [0, 0.1) is 0 Å². The zero-order valence-corrected chi connectivity index (χ0v) is 20.9. The van der Waals surface area contributed by atoms with E-state index in [0.29, 0.717) is 12.5 Å². The Morgan fingerprint density at radius 2 is 1.81 bits per heavy atom. The molecule has 0 unspecified atom stereocenters. The maximum Gasteiger partial charge on any atom is 0.258 e. The highest BCUT2D eigenvalue weighted by atomic mass is 16.5. The van der Waals surface area contributed by atoms with Gasteiger partial charge in [-0.15, -0.1) is 0 Å². The molecule has 37 heavy (non-hydrogen) atoms. The van der Waals surface area contributed by atoms with E-state index >= 15 is 0 Å². The summed E-state index contributed by atoms with van der Waals surface area (Å²) in [4.78, 5) is 28.4. The van der Waals surface area contributed by atoms with E-state index < -0.39 is 0 Å². The Labute approximate surface area is 216 Å². The highest BCUT2D eigenvalue weighted by Gasteiger charge is 2.24. The summed E-state index contributed by atoms with van der Waals surface area (Å²) in [5.74, 6) is 1.24. The van der Waals surface area contributed by atoms with E-state index in [9.17, 15) is 4.79 Å². The number of aromatic nitrogens is 3. The summed E-state index contributed by atoms with van der Waals surface area (Å²) >= 11 is 0. The number of nitrogens with zero attached hydrogens (tertiary/aromatic N) is 4. The summed E-state index contributed by atoms with van der Waals surface area (Å²) < 4.78 is 11.8. The number of para-hydroxylation sites is 1.